The predicted octanol–water partition coefficient (Wildman–Crippen LogP) is 8.10. The predicted molar refractivity (Wildman–Crippen MR) is 141 cm³/mol. The van der Waals surface area contributed by atoms with Crippen molar-refractivity contribution in [1.29, 1.82) is 0 Å². The van der Waals surface area contributed by atoms with Crippen LogP contribution >= 0.6 is 0 Å². The van der Waals surface area contributed by atoms with Crippen LogP contribution in [0.5, 0.6) is 5.75 Å². The van der Waals surface area contributed by atoms with E-state index < -0.39 is 0 Å². The molecule has 0 saturated heterocycles. The maximum absolute atomic E-state index is 13.4. The Morgan fingerprint density at radius 1 is 0.771 bits per heavy atom. The molecule has 4 aromatic carbocycles. The molecule has 0 N–H and O–H groups in total. The smallest absolute Gasteiger partial charge is 0.123 e. The molecule has 0 aliphatic carbocycles. The van der Waals surface area contributed by atoms with Crippen LogP contribution in [-0.2, 0) is 0 Å². The maximum atomic E-state index is 13.4. The molecule has 0 fully saturated rings. The summed E-state index contributed by atoms with van der Waals surface area (Å²) in [5, 5.41) is 0. The second-order valence-corrected chi connectivity index (χ2v) is 8.06. The van der Waals surface area contributed by atoms with Gasteiger partial charge < -0.3 is 9.30 Å². The standard InChI is InChI=1S/C31H25FN2O/c1-2-35-29-19-17-28(18-20-29)34-30(23-9-5-3-6-10-23)21-25(31(34)24-11-7-4-8-12-24)22-33-27-15-13-26(32)14-16-27/h3-22H,2H2,1H3. The number of aliphatic imine (C=N–C) groups is 1. The Morgan fingerprint density at radius 3 is 2.03 bits per heavy atom. The van der Waals surface area contributed by atoms with Crippen molar-refractivity contribution in [3.05, 3.63) is 127 Å². The number of hydrogen-bond donors (Lipinski definition) is 0. The van der Waals surface area contributed by atoms with E-state index in [1.165, 1.54) is 12.1 Å². The van der Waals surface area contributed by atoms with Crippen molar-refractivity contribution < 1.29 is 9.13 Å². The van der Waals surface area contributed by atoms with Crippen LogP contribution in [0, 0.1) is 5.82 Å². The third kappa shape index (κ3) is 4.92. The summed E-state index contributed by atoms with van der Waals surface area (Å²) in [4.78, 5) is 4.66. The first-order chi connectivity index (χ1) is 17.2. The van der Waals surface area contributed by atoms with Gasteiger partial charge >= 0.3 is 0 Å². The van der Waals surface area contributed by atoms with Crippen molar-refractivity contribution in [2.24, 2.45) is 4.99 Å². The van der Waals surface area contributed by atoms with Crippen LogP contribution in [0.25, 0.3) is 28.2 Å². The Bertz CT molecular complexity index is 1420. The minimum Gasteiger partial charge on any atom is -0.494 e. The van der Waals surface area contributed by atoms with Gasteiger partial charge in [0.15, 0.2) is 0 Å². The van der Waals surface area contributed by atoms with Gasteiger partial charge in [0, 0.05) is 17.5 Å². The summed E-state index contributed by atoms with van der Waals surface area (Å²) in [6, 6.07) is 37.1. The highest BCUT2D eigenvalue weighted by Gasteiger charge is 2.18. The highest BCUT2D eigenvalue weighted by molar-refractivity contribution is 5.94. The normalized spacial score (nSPS) is 11.1. The van der Waals surface area contributed by atoms with E-state index in [-0.39, 0.29) is 5.82 Å². The number of halogens is 1. The fraction of sp³-hybridized carbons (Fsp3) is 0.0645. The lowest BCUT2D eigenvalue weighted by atomic mass is 10.1. The van der Waals surface area contributed by atoms with Gasteiger partial charge in [-0.25, -0.2) is 4.39 Å². The molecule has 1 aromatic heterocycles. The summed E-state index contributed by atoms with van der Waals surface area (Å²) in [6.07, 6.45) is 1.85. The molecular weight excluding hydrogens is 435 g/mol. The third-order valence-corrected chi connectivity index (χ3v) is 5.73. The minimum atomic E-state index is -0.276. The van der Waals surface area contributed by atoms with Gasteiger partial charge in [0.1, 0.15) is 11.6 Å². The fourth-order valence-electron chi connectivity index (χ4n) is 4.14. The van der Waals surface area contributed by atoms with E-state index in [1.54, 1.807) is 12.1 Å². The van der Waals surface area contributed by atoms with Gasteiger partial charge in [0.05, 0.1) is 23.7 Å². The van der Waals surface area contributed by atoms with Crippen LogP contribution in [0.3, 0.4) is 0 Å². The highest BCUT2D eigenvalue weighted by atomic mass is 19.1. The van der Waals surface area contributed by atoms with Crippen LogP contribution in [-0.4, -0.2) is 17.4 Å². The Morgan fingerprint density at radius 2 is 1.40 bits per heavy atom. The molecule has 1 heterocycles. The van der Waals surface area contributed by atoms with Crippen molar-refractivity contribution in [2.75, 3.05) is 6.61 Å². The summed E-state index contributed by atoms with van der Waals surface area (Å²) in [6.45, 7) is 2.60. The number of benzene rings is 4. The third-order valence-electron chi connectivity index (χ3n) is 5.73. The molecular formula is C31H25FN2O. The number of rotatable bonds is 7. The summed E-state index contributed by atoms with van der Waals surface area (Å²) in [7, 11) is 0. The van der Waals surface area contributed by atoms with E-state index in [4.69, 9.17) is 4.74 Å². The van der Waals surface area contributed by atoms with Crippen LogP contribution < -0.4 is 4.74 Å². The molecule has 0 unspecified atom stereocenters. The van der Waals surface area contributed by atoms with Crippen LogP contribution in [0.15, 0.2) is 120 Å². The van der Waals surface area contributed by atoms with Crippen molar-refractivity contribution in [1.82, 2.24) is 4.57 Å². The molecule has 172 valence electrons. The number of hydrogen-bond acceptors (Lipinski definition) is 2. The van der Waals surface area contributed by atoms with Gasteiger partial charge in [0.25, 0.3) is 0 Å². The van der Waals surface area contributed by atoms with Crippen LogP contribution in [0.1, 0.15) is 12.5 Å². The monoisotopic (exact) mass is 460 g/mol. The first-order valence-electron chi connectivity index (χ1n) is 11.6. The van der Waals surface area contributed by atoms with Gasteiger partial charge in [-0.2, -0.15) is 0 Å². The van der Waals surface area contributed by atoms with E-state index in [2.05, 4.69) is 52.0 Å². The van der Waals surface area contributed by atoms with Crippen molar-refractivity contribution >= 4 is 11.9 Å². The molecule has 5 aromatic rings. The Kier molecular flexibility index (Phi) is 6.53. The Hall–Kier alpha value is -4.44. The maximum Gasteiger partial charge on any atom is 0.123 e. The average molecular weight is 461 g/mol. The second-order valence-electron chi connectivity index (χ2n) is 8.06. The lowest BCUT2D eigenvalue weighted by Gasteiger charge is -2.15. The molecule has 0 aliphatic heterocycles. The Labute approximate surface area is 204 Å². The molecule has 3 nitrogen and oxygen atoms in total. The highest BCUT2D eigenvalue weighted by Crippen LogP contribution is 2.36. The summed E-state index contributed by atoms with van der Waals surface area (Å²) < 4.78 is 21.3. The topological polar surface area (TPSA) is 26.5 Å². The average Bonchev–Trinajstić information content (AvgIpc) is 3.29. The Balaban J connectivity index is 1.73. The van der Waals surface area contributed by atoms with Gasteiger partial charge in [-0.05, 0) is 72.6 Å². The van der Waals surface area contributed by atoms with E-state index >= 15 is 0 Å². The lowest BCUT2D eigenvalue weighted by Crippen LogP contribution is -2.01. The number of ether oxygens (including phenoxy) is 1. The van der Waals surface area contributed by atoms with Gasteiger partial charge in [-0.3, -0.25) is 4.99 Å². The number of aromatic nitrogens is 1. The largest absolute Gasteiger partial charge is 0.494 e. The van der Waals surface area contributed by atoms with Crippen molar-refractivity contribution in [2.45, 2.75) is 6.92 Å². The molecule has 0 aliphatic rings. The molecule has 5 rings (SSSR count). The van der Waals surface area contributed by atoms with E-state index in [1.807, 2.05) is 61.7 Å². The zero-order chi connectivity index (χ0) is 24.0. The molecule has 0 amide bonds. The quantitative estimate of drug-likeness (QED) is 0.225. The molecule has 0 spiro atoms. The van der Waals surface area contributed by atoms with Gasteiger partial charge in [-0.15, -0.1) is 0 Å². The van der Waals surface area contributed by atoms with Crippen molar-refractivity contribution in [3.8, 4) is 34.0 Å². The molecule has 35 heavy (non-hydrogen) atoms. The first-order valence-corrected chi connectivity index (χ1v) is 11.6. The zero-order valence-electron chi connectivity index (χ0n) is 19.4. The molecule has 4 heteroatoms. The van der Waals surface area contributed by atoms with E-state index in [9.17, 15) is 4.39 Å². The lowest BCUT2D eigenvalue weighted by molar-refractivity contribution is 0.340. The summed E-state index contributed by atoms with van der Waals surface area (Å²) in [5.41, 5.74) is 6.93. The SMILES string of the molecule is CCOc1ccc(-n2c(-c3ccccc3)cc(C=Nc3ccc(F)cc3)c2-c2ccccc2)cc1. The van der Waals surface area contributed by atoms with Crippen LogP contribution in [0.4, 0.5) is 10.1 Å². The minimum absolute atomic E-state index is 0.276. The first kappa shape index (κ1) is 22.4. The van der Waals surface area contributed by atoms with Crippen LogP contribution in [0.2, 0.25) is 0 Å². The number of nitrogens with zero attached hydrogens (tertiary/aromatic N) is 2. The molecule has 0 atom stereocenters. The molecule has 0 saturated carbocycles. The zero-order valence-corrected chi connectivity index (χ0v) is 19.4. The van der Waals surface area contributed by atoms with Crippen molar-refractivity contribution in [3.63, 3.8) is 0 Å². The second kappa shape index (κ2) is 10.2. The van der Waals surface area contributed by atoms with Gasteiger partial charge in [0.2, 0.25) is 0 Å². The summed E-state index contributed by atoms with van der Waals surface area (Å²) in [5.74, 6) is 0.561. The molecule has 0 bridgehead atoms. The van der Waals surface area contributed by atoms with E-state index in [0.29, 0.717) is 12.3 Å². The van der Waals surface area contributed by atoms with Gasteiger partial charge in [-0.1, -0.05) is 60.7 Å². The van der Waals surface area contributed by atoms with E-state index in [0.717, 1.165) is 39.5 Å². The summed E-state index contributed by atoms with van der Waals surface area (Å²) >= 11 is 0. The fourth-order valence-corrected chi connectivity index (χ4v) is 4.14. The molecule has 0 radical (unpaired) electrons.